The van der Waals surface area contributed by atoms with Crippen LogP contribution in [-0.2, 0) is 5.41 Å². The fourth-order valence-corrected chi connectivity index (χ4v) is 7.89. The maximum Gasteiger partial charge on any atom is 0.0159 e. The van der Waals surface area contributed by atoms with Crippen LogP contribution in [0, 0.1) is 0 Å². The minimum Gasteiger partial charge on any atom is -0.0622 e. The number of benzene rings is 8. The molecule has 45 heavy (non-hydrogen) atoms. The van der Waals surface area contributed by atoms with Crippen LogP contribution in [0.2, 0.25) is 0 Å². The number of rotatable bonds is 3. The molecule has 1 aliphatic carbocycles. The summed E-state index contributed by atoms with van der Waals surface area (Å²) >= 11 is 0. The van der Waals surface area contributed by atoms with E-state index in [-0.39, 0.29) is 5.41 Å². The molecule has 0 nitrogen and oxygen atoms in total. The molecule has 0 radical (unpaired) electrons. The zero-order valence-corrected chi connectivity index (χ0v) is 25.5. The molecular formula is C45H32. The first-order valence-electron chi connectivity index (χ1n) is 15.9. The van der Waals surface area contributed by atoms with Gasteiger partial charge in [-0.25, -0.2) is 0 Å². The molecule has 0 aromatic heterocycles. The zero-order valence-electron chi connectivity index (χ0n) is 25.5. The van der Waals surface area contributed by atoms with Gasteiger partial charge in [0.15, 0.2) is 0 Å². The van der Waals surface area contributed by atoms with E-state index in [2.05, 4.69) is 172 Å². The summed E-state index contributed by atoms with van der Waals surface area (Å²) in [6.45, 7) is 4.75. The third kappa shape index (κ3) is 3.85. The quantitative estimate of drug-likeness (QED) is 0.185. The van der Waals surface area contributed by atoms with Crippen LogP contribution in [0.25, 0.3) is 76.8 Å². The van der Waals surface area contributed by atoms with Crippen molar-refractivity contribution in [3.63, 3.8) is 0 Å². The maximum absolute atomic E-state index is 2.40. The van der Waals surface area contributed by atoms with Crippen LogP contribution in [0.15, 0.2) is 158 Å². The molecule has 212 valence electrons. The Morgan fingerprint density at radius 2 is 0.933 bits per heavy atom. The van der Waals surface area contributed by atoms with Crippen molar-refractivity contribution < 1.29 is 0 Å². The Kier molecular flexibility index (Phi) is 5.64. The summed E-state index contributed by atoms with van der Waals surface area (Å²) in [7, 11) is 0. The SMILES string of the molecule is CC1(C)c2ccccc2-c2c1ccc1c(-c3ccc4cc(-c5ccccc5)ccc4c3)c3ccccc3c(-c3ccccc3)c21. The van der Waals surface area contributed by atoms with Gasteiger partial charge in [0.2, 0.25) is 0 Å². The van der Waals surface area contributed by atoms with E-state index < -0.39 is 0 Å². The largest absolute Gasteiger partial charge is 0.0622 e. The highest BCUT2D eigenvalue weighted by Crippen LogP contribution is 2.55. The molecule has 0 saturated heterocycles. The van der Waals surface area contributed by atoms with E-state index in [0.29, 0.717) is 0 Å². The Morgan fingerprint density at radius 3 is 1.67 bits per heavy atom. The molecule has 0 heteroatoms. The van der Waals surface area contributed by atoms with Gasteiger partial charge in [-0.15, -0.1) is 0 Å². The standard InChI is InChI=1S/C45H32/c1-45(2)39-20-12-11-19-37(39)43-40(45)26-25-38-41(35-17-9-10-18-36(35)42(44(38)43)30-15-7-4-8-16-30)34-24-23-32-27-31(21-22-33(32)28-34)29-13-5-3-6-14-29/h3-28H,1-2H3. The van der Waals surface area contributed by atoms with Crippen molar-refractivity contribution in [2.24, 2.45) is 0 Å². The number of hydrogen-bond donors (Lipinski definition) is 0. The van der Waals surface area contributed by atoms with E-state index in [1.165, 1.54) is 88.0 Å². The Morgan fingerprint density at radius 1 is 0.356 bits per heavy atom. The molecule has 0 spiro atoms. The van der Waals surface area contributed by atoms with Crippen molar-refractivity contribution >= 4 is 32.3 Å². The van der Waals surface area contributed by atoms with Gasteiger partial charge in [-0.05, 0) is 100 Å². The maximum atomic E-state index is 2.40. The predicted octanol–water partition coefficient (Wildman–Crippen LogP) is 12.5. The van der Waals surface area contributed by atoms with E-state index in [0.717, 1.165) is 0 Å². The van der Waals surface area contributed by atoms with Crippen molar-refractivity contribution in [1.82, 2.24) is 0 Å². The van der Waals surface area contributed by atoms with Crippen LogP contribution < -0.4 is 0 Å². The third-order valence-corrected chi connectivity index (χ3v) is 10.0. The van der Waals surface area contributed by atoms with E-state index in [9.17, 15) is 0 Å². The van der Waals surface area contributed by atoms with Gasteiger partial charge in [0.05, 0.1) is 0 Å². The molecule has 0 aliphatic heterocycles. The van der Waals surface area contributed by atoms with E-state index >= 15 is 0 Å². The van der Waals surface area contributed by atoms with Crippen molar-refractivity contribution in [3.8, 4) is 44.5 Å². The van der Waals surface area contributed by atoms with Crippen LogP contribution in [0.5, 0.6) is 0 Å². The molecule has 0 N–H and O–H groups in total. The Hall–Kier alpha value is -5.46. The molecule has 0 atom stereocenters. The van der Waals surface area contributed by atoms with Gasteiger partial charge in [0.1, 0.15) is 0 Å². The minimum atomic E-state index is -0.0701. The fraction of sp³-hybridized carbons (Fsp3) is 0.0667. The normalized spacial score (nSPS) is 13.3. The van der Waals surface area contributed by atoms with Gasteiger partial charge in [0, 0.05) is 5.41 Å². The molecular weight excluding hydrogens is 540 g/mol. The van der Waals surface area contributed by atoms with Crippen molar-refractivity contribution in [2.45, 2.75) is 19.3 Å². The lowest BCUT2D eigenvalue weighted by Gasteiger charge is -2.23. The number of fused-ring (bicyclic) bond motifs is 7. The molecule has 0 heterocycles. The van der Waals surface area contributed by atoms with Gasteiger partial charge in [-0.2, -0.15) is 0 Å². The van der Waals surface area contributed by atoms with Gasteiger partial charge in [-0.3, -0.25) is 0 Å². The lowest BCUT2D eigenvalue weighted by atomic mass is 9.79. The Bertz CT molecular complexity index is 2430. The van der Waals surface area contributed by atoms with Crippen LogP contribution in [0.1, 0.15) is 25.0 Å². The Labute approximate surface area is 264 Å². The highest BCUT2D eigenvalue weighted by Gasteiger charge is 2.37. The first kappa shape index (κ1) is 26.0. The van der Waals surface area contributed by atoms with E-state index in [1.807, 2.05) is 0 Å². The zero-order chi connectivity index (χ0) is 30.1. The summed E-state index contributed by atoms with van der Waals surface area (Å²) in [4.78, 5) is 0. The summed E-state index contributed by atoms with van der Waals surface area (Å²) in [5, 5.41) is 7.75. The second-order valence-electron chi connectivity index (χ2n) is 12.9. The van der Waals surface area contributed by atoms with Gasteiger partial charge >= 0.3 is 0 Å². The molecule has 0 amide bonds. The van der Waals surface area contributed by atoms with Gasteiger partial charge in [0.25, 0.3) is 0 Å². The second kappa shape index (κ2) is 9.78. The summed E-state index contributed by atoms with van der Waals surface area (Å²) < 4.78 is 0. The molecule has 0 fully saturated rings. The summed E-state index contributed by atoms with van der Waals surface area (Å²) in [5.41, 5.74) is 13.1. The van der Waals surface area contributed by atoms with Crippen LogP contribution in [0.4, 0.5) is 0 Å². The lowest BCUT2D eigenvalue weighted by molar-refractivity contribution is 0.661. The van der Waals surface area contributed by atoms with Crippen LogP contribution in [0.3, 0.4) is 0 Å². The minimum absolute atomic E-state index is 0.0701. The first-order chi connectivity index (χ1) is 22.1. The average Bonchev–Trinajstić information content (AvgIpc) is 3.33. The second-order valence-corrected chi connectivity index (χ2v) is 12.9. The van der Waals surface area contributed by atoms with E-state index in [4.69, 9.17) is 0 Å². The molecule has 8 aromatic rings. The van der Waals surface area contributed by atoms with Gasteiger partial charge in [-0.1, -0.05) is 159 Å². The van der Waals surface area contributed by atoms with E-state index in [1.54, 1.807) is 0 Å². The van der Waals surface area contributed by atoms with Gasteiger partial charge < -0.3 is 0 Å². The monoisotopic (exact) mass is 572 g/mol. The number of hydrogen-bond acceptors (Lipinski definition) is 0. The molecule has 8 aromatic carbocycles. The third-order valence-electron chi connectivity index (χ3n) is 10.0. The molecule has 0 unspecified atom stereocenters. The molecule has 0 bridgehead atoms. The average molecular weight is 573 g/mol. The summed E-state index contributed by atoms with van der Waals surface area (Å²) in [6, 6.07) is 58.3. The van der Waals surface area contributed by atoms with Crippen molar-refractivity contribution in [1.29, 1.82) is 0 Å². The topological polar surface area (TPSA) is 0 Å². The fourth-order valence-electron chi connectivity index (χ4n) is 7.89. The summed E-state index contributed by atoms with van der Waals surface area (Å²) in [5.74, 6) is 0. The highest BCUT2D eigenvalue weighted by atomic mass is 14.4. The lowest BCUT2D eigenvalue weighted by Crippen LogP contribution is -2.14. The molecule has 9 rings (SSSR count). The predicted molar refractivity (Wildman–Crippen MR) is 193 cm³/mol. The van der Waals surface area contributed by atoms with Crippen molar-refractivity contribution in [3.05, 3.63) is 169 Å². The highest BCUT2D eigenvalue weighted by molar-refractivity contribution is 6.26. The first-order valence-corrected chi connectivity index (χ1v) is 15.9. The summed E-state index contributed by atoms with van der Waals surface area (Å²) in [6.07, 6.45) is 0. The molecule has 1 aliphatic rings. The smallest absolute Gasteiger partial charge is 0.0159 e. The van der Waals surface area contributed by atoms with Crippen LogP contribution >= 0.6 is 0 Å². The van der Waals surface area contributed by atoms with Crippen LogP contribution in [-0.4, -0.2) is 0 Å². The molecule has 0 saturated carbocycles. The van der Waals surface area contributed by atoms with Crippen molar-refractivity contribution in [2.75, 3.05) is 0 Å². The Balaban J connectivity index is 1.39.